The SMILES string of the molecule is CCC1CCCCC1(CN)N1CCCC(C(C)C)CC1. The Kier molecular flexibility index (Phi) is 5.92. The zero-order chi connectivity index (χ0) is 14.6. The first kappa shape index (κ1) is 16.3. The summed E-state index contributed by atoms with van der Waals surface area (Å²) in [4.78, 5) is 2.82. The number of nitrogens with zero attached hydrogens (tertiary/aromatic N) is 1. The lowest BCUT2D eigenvalue weighted by molar-refractivity contribution is 0.00524. The Morgan fingerprint density at radius 3 is 2.55 bits per heavy atom. The molecule has 2 rings (SSSR count). The molecule has 2 heteroatoms. The molecule has 2 N–H and O–H groups in total. The van der Waals surface area contributed by atoms with Crippen LogP contribution in [0.1, 0.15) is 72.1 Å². The molecule has 2 aliphatic rings. The number of likely N-dealkylation sites (tertiary alicyclic amines) is 1. The van der Waals surface area contributed by atoms with Gasteiger partial charge in [0.1, 0.15) is 0 Å². The number of hydrogen-bond acceptors (Lipinski definition) is 2. The van der Waals surface area contributed by atoms with Gasteiger partial charge in [0.2, 0.25) is 0 Å². The second-order valence-electron chi connectivity index (χ2n) is 7.58. The summed E-state index contributed by atoms with van der Waals surface area (Å²) in [6.07, 6.45) is 11.0. The lowest BCUT2D eigenvalue weighted by Gasteiger charge is -2.51. The normalized spacial score (nSPS) is 37.0. The van der Waals surface area contributed by atoms with Gasteiger partial charge >= 0.3 is 0 Å². The Hall–Kier alpha value is -0.0800. The quantitative estimate of drug-likeness (QED) is 0.842. The smallest absolute Gasteiger partial charge is 0.0359 e. The van der Waals surface area contributed by atoms with E-state index in [-0.39, 0.29) is 0 Å². The van der Waals surface area contributed by atoms with Crippen molar-refractivity contribution in [1.29, 1.82) is 0 Å². The van der Waals surface area contributed by atoms with Crippen LogP contribution in [0.3, 0.4) is 0 Å². The lowest BCUT2D eigenvalue weighted by Crippen LogP contribution is -2.60. The standard InChI is InChI=1S/C18H36N2/c1-4-17-9-5-6-11-18(17,14-19)20-12-7-8-16(10-13-20)15(2)3/h15-17H,4-14,19H2,1-3H3. The third kappa shape index (κ3) is 3.22. The first-order valence-corrected chi connectivity index (χ1v) is 9.09. The zero-order valence-electron chi connectivity index (χ0n) is 14.0. The van der Waals surface area contributed by atoms with E-state index in [1.165, 1.54) is 64.5 Å². The van der Waals surface area contributed by atoms with Crippen molar-refractivity contribution in [2.24, 2.45) is 23.5 Å². The van der Waals surface area contributed by atoms with Crippen LogP contribution < -0.4 is 5.73 Å². The van der Waals surface area contributed by atoms with Crippen LogP contribution in [0.25, 0.3) is 0 Å². The van der Waals surface area contributed by atoms with E-state index in [0.717, 1.165) is 24.3 Å². The van der Waals surface area contributed by atoms with Gasteiger partial charge in [-0.05, 0) is 62.9 Å². The molecule has 3 atom stereocenters. The molecule has 2 nitrogen and oxygen atoms in total. The minimum Gasteiger partial charge on any atom is -0.329 e. The summed E-state index contributed by atoms with van der Waals surface area (Å²) in [6.45, 7) is 10.6. The summed E-state index contributed by atoms with van der Waals surface area (Å²) in [6, 6.07) is 0. The molecule has 1 saturated heterocycles. The fourth-order valence-corrected chi connectivity index (χ4v) is 4.93. The highest BCUT2D eigenvalue weighted by atomic mass is 15.2. The molecule has 0 aromatic carbocycles. The molecule has 0 amide bonds. The highest BCUT2D eigenvalue weighted by Crippen LogP contribution is 2.41. The van der Waals surface area contributed by atoms with Gasteiger partial charge in [0.05, 0.1) is 0 Å². The zero-order valence-corrected chi connectivity index (χ0v) is 14.0. The van der Waals surface area contributed by atoms with Gasteiger partial charge in [-0.2, -0.15) is 0 Å². The van der Waals surface area contributed by atoms with Crippen molar-refractivity contribution in [3.05, 3.63) is 0 Å². The topological polar surface area (TPSA) is 29.3 Å². The van der Waals surface area contributed by atoms with Gasteiger partial charge < -0.3 is 5.73 Å². The van der Waals surface area contributed by atoms with Crippen LogP contribution in [0.4, 0.5) is 0 Å². The van der Waals surface area contributed by atoms with E-state index in [1.807, 2.05) is 0 Å². The number of rotatable bonds is 4. The number of hydrogen-bond donors (Lipinski definition) is 1. The Morgan fingerprint density at radius 1 is 1.10 bits per heavy atom. The molecule has 0 aromatic heterocycles. The maximum atomic E-state index is 6.34. The molecule has 0 radical (unpaired) electrons. The molecular formula is C18H36N2. The van der Waals surface area contributed by atoms with Crippen molar-refractivity contribution < 1.29 is 0 Å². The van der Waals surface area contributed by atoms with Crippen LogP contribution >= 0.6 is 0 Å². The Balaban J connectivity index is 2.10. The summed E-state index contributed by atoms with van der Waals surface area (Å²) in [5.41, 5.74) is 6.67. The second kappa shape index (κ2) is 7.26. The summed E-state index contributed by atoms with van der Waals surface area (Å²) >= 11 is 0. The fourth-order valence-electron chi connectivity index (χ4n) is 4.93. The predicted octanol–water partition coefficient (Wildman–Crippen LogP) is 4.04. The van der Waals surface area contributed by atoms with Crippen molar-refractivity contribution in [2.45, 2.75) is 77.7 Å². The van der Waals surface area contributed by atoms with Crippen molar-refractivity contribution in [3.63, 3.8) is 0 Å². The largest absolute Gasteiger partial charge is 0.329 e. The van der Waals surface area contributed by atoms with Crippen LogP contribution in [-0.4, -0.2) is 30.1 Å². The second-order valence-corrected chi connectivity index (χ2v) is 7.58. The van der Waals surface area contributed by atoms with Crippen molar-refractivity contribution >= 4 is 0 Å². The Bertz CT molecular complexity index is 289. The first-order chi connectivity index (χ1) is 9.64. The van der Waals surface area contributed by atoms with E-state index in [1.54, 1.807) is 0 Å². The highest BCUT2D eigenvalue weighted by molar-refractivity contribution is 5.00. The van der Waals surface area contributed by atoms with E-state index in [9.17, 15) is 0 Å². The molecule has 0 bridgehead atoms. The average Bonchev–Trinajstić information content (AvgIpc) is 2.73. The van der Waals surface area contributed by atoms with Crippen LogP contribution in [0.15, 0.2) is 0 Å². The predicted molar refractivity (Wildman–Crippen MR) is 87.8 cm³/mol. The third-order valence-electron chi connectivity index (χ3n) is 6.36. The van der Waals surface area contributed by atoms with Crippen LogP contribution in [-0.2, 0) is 0 Å². The van der Waals surface area contributed by atoms with E-state index >= 15 is 0 Å². The Labute approximate surface area is 126 Å². The van der Waals surface area contributed by atoms with Gasteiger partial charge in [0, 0.05) is 12.1 Å². The van der Waals surface area contributed by atoms with Crippen LogP contribution in [0.2, 0.25) is 0 Å². The summed E-state index contributed by atoms with van der Waals surface area (Å²) in [7, 11) is 0. The molecule has 20 heavy (non-hydrogen) atoms. The molecule has 0 spiro atoms. The number of nitrogens with two attached hydrogens (primary N) is 1. The maximum absolute atomic E-state index is 6.34. The summed E-state index contributed by atoms with van der Waals surface area (Å²) in [5, 5.41) is 0. The van der Waals surface area contributed by atoms with Gasteiger partial charge in [0.25, 0.3) is 0 Å². The van der Waals surface area contributed by atoms with E-state index in [4.69, 9.17) is 5.73 Å². The molecule has 118 valence electrons. The minimum atomic E-state index is 0.332. The van der Waals surface area contributed by atoms with Gasteiger partial charge in [-0.25, -0.2) is 0 Å². The Morgan fingerprint density at radius 2 is 1.90 bits per heavy atom. The van der Waals surface area contributed by atoms with Gasteiger partial charge in [0.15, 0.2) is 0 Å². The molecule has 1 aliphatic carbocycles. The lowest BCUT2D eigenvalue weighted by atomic mass is 9.70. The molecular weight excluding hydrogens is 244 g/mol. The fraction of sp³-hybridized carbons (Fsp3) is 1.00. The molecule has 2 fully saturated rings. The van der Waals surface area contributed by atoms with Crippen molar-refractivity contribution in [2.75, 3.05) is 19.6 Å². The molecule has 1 aliphatic heterocycles. The molecule has 1 heterocycles. The monoisotopic (exact) mass is 280 g/mol. The molecule has 1 saturated carbocycles. The van der Waals surface area contributed by atoms with Crippen LogP contribution in [0.5, 0.6) is 0 Å². The minimum absolute atomic E-state index is 0.332. The van der Waals surface area contributed by atoms with Crippen LogP contribution in [0, 0.1) is 17.8 Å². The van der Waals surface area contributed by atoms with E-state index < -0.39 is 0 Å². The van der Waals surface area contributed by atoms with Gasteiger partial charge in [-0.1, -0.05) is 40.0 Å². The first-order valence-electron chi connectivity index (χ1n) is 9.09. The third-order valence-corrected chi connectivity index (χ3v) is 6.36. The maximum Gasteiger partial charge on any atom is 0.0359 e. The van der Waals surface area contributed by atoms with E-state index in [0.29, 0.717) is 5.54 Å². The van der Waals surface area contributed by atoms with Gasteiger partial charge in [-0.15, -0.1) is 0 Å². The van der Waals surface area contributed by atoms with E-state index in [2.05, 4.69) is 25.7 Å². The average molecular weight is 281 g/mol. The summed E-state index contributed by atoms with van der Waals surface area (Å²) < 4.78 is 0. The molecule has 3 unspecified atom stereocenters. The van der Waals surface area contributed by atoms with Gasteiger partial charge in [-0.3, -0.25) is 4.90 Å². The van der Waals surface area contributed by atoms with Crippen molar-refractivity contribution in [3.8, 4) is 0 Å². The van der Waals surface area contributed by atoms with Crippen molar-refractivity contribution in [1.82, 2.24) is 4.90 Å². The molecule has 0 aromatic rings. The highest BCUT2D eigenvalue weighted by Gasteiger charge is 2.43. The summed E-state index contributed by atoms with van der Waals surface area (Å²) in [5.74, 6) is 2.60.